The third-order valence-corrected chi connectivity index (χ3v) is 4.43. The average Bonchev–Trinajstić information content (AvgIpc) is 2.65. The van der Waals surface area contributed by atoms with Crippen LogP contribution in [0.1, 0.15) is 43.0 Å². The number of hydrogen-bond acceptors (Lipinski definition) is 4. The summed E-state index contributed by atoms with van der Waals surface area (Å²) in [6.45, 7) is 3.06. The topological polar surface area (TPSA) is 58.1 Å². The van der Waals surface area contributed by atoms with Gasteiger partial charge in [-0.2, -0.15) is 0 Å². The van der Waals surface area contributed by atoms with Crippen molar-refractivity contribution in [1.82, 2.24) is 9.97 Å². The van der Waals surface area contributed by atoms with Crippen molar-refractivity contribution in [2.45, 2.75) is 38.6 Å². The van der Waals surface area contributed by atoms with Crippen molar-refractivity contribution in [1.29, 1.82) is 0 Å². The van der Waals surface area contributed by atoms with E-state index in [9.17, 15) is 13.6 Å². The summed E-state index contributed by atoms with van der Waals surface area (Å²) in [5.74, 6) is -1.82. The Labute approximate surface area is 145 Å². The third-order valence-electron chi connectivity index (χ3n) is 4.43. The molecular weight excluding hydrogens is 326 g/mol. The molecule has 5 nitrogen and oxygen atoms in total. The highest BCUT2D eigenvalue weighted by Gasteiger charge is 2.23. The first kappa shape index (κ1) is 17.3. The van der Waals surface area contributed by atoms with Gasteiger partial charge in [0.15, 0.2) is 11.6 Å². The maximum atomic E-state index is 13.2. The summed E-state index contributed by atoms with van der Waals surface area (Å²) in [4.78, 5) is 23.0. The summed E-state index contributed by atoms with van der Waals surface area (Å²) in [6.07, 6.45) is 7.39. The van der Waals surface area contributed by atoms with E-state index in [1.807, 2.05) is 0 Å². The lowest BCUT2D eigenvalue weighted by atomic mass is 10.0. The van der Waals surface area contributed by atoms with Gasteiger partial charge in [-0.3, -0.25) is 4.79 Å². The highest BCUT2D eigenvalue weighted by molar-refractivity contribution is 6.03. The molecule has 132 valence electrons. The standard InChI is InChI=1S/C18H20F2N4O/c1-2-14-5-3-4-8-24(14)18-21-10-12(11-22-18)17(25)23-13-6-7-15(19)16(20)9-13/h6-7,9-11,14H,2-5,8H2,1H3,(H,23,25). The monoisotopic (exact) mass is 346 g/mol. The molecule has 3 rings (SSSR count). The van der Waals surface area contributed by atoms with Gasteiger partial charge in [0.2, 0.25) is 5.95 Å². The van der Waals surface area contributed by atoms with Crippen LogP contribution in [0.2, 0.25) is 0 Å². The lowest BCUT2D eigenvalue weighted by molar-refractivity contribution is 0.102. The molecule has 1 fully saturated rings. The molecule has 1 aliphatic heterocycles. The Kier molecular flexibility index (Phi) is 5.21. The van der Waals surface area contributed by atoms with E-state index < -0.39 is 17.5 Å². The molecule has 7 heteroatoms. The van der Waals surface area contributed by atoms with Crippen molar-refractivity contribution in [3.63, 3.8) is 0 Å². The molecule has 1 N–H and O–H groups in total. The predicted octanol–water partition coefficient (Wildman–Crippen LogP) is 3.78. The van der Waals surface area contributed by atoms with Crippen molar-refractivity contribution in [2.24, 2.45) is 0 Å². The van der Waals surface area contributed by atoms with Crippen LogP contribution in [0.15, 0.2) is 30.6 Å². The first-order chi connectivity index (χ1) is 12.1. The van der Waals surface area contributed by atoms with E-state index in [1.165, 1.54) is 24.9 Å². The van der Waals surface area contributed by atoms with Crippen molar-refractivity contribution in [3.05, 3.63) is 47.8 Å². The number of halogens is 2. The Balaban J connectivity index is 1.70. The molecule has 0 aliphatic carbocycles. The van der Waals surface area contributed by atoms with E-state index in [-0.39, 0.29) is 11.3 Å². The van der Waals surface area contributed by atoms with Gasteiger partial charge >= 0.3 is 0 Å². The lowest BCUT2D eigenvalue weighted by Crippen LogP contribution is -2.40. The minimum absolute atomic E-state index is 0.176. The van der Waals surface area contributed by atoms with Crippen LogP contribution in [0.25, 0.3) is 0 Å². The minimum atomic E-state index is -1.01. The van der Waals surface area contributed by atoms with E-state index in [4.69, 9.17) is 0 Å². The Hall–Kier alpha value is -2.57. The smallest absolute Gasteiger partial charge is 0.258 e. The van der Waals surface area contributed by atoms with Crippen LogP contribution in [0, 0.1) is 11.6 Å². The SMILES string of the molecule is CCC1CCCCN1c1ncc(C(=O)Nc2ccc(F)c(F)c2)cn1. The van der Waals surface area contributed by atoms with Gasteiger partial charge in [0.25, 0.3) is 5.91 Å². The molecule has 0 spiro atoms. The summed E-state index contributed by atoms with van der Waals surface area (Å²) in [5, 5.41) is 2.51. The number of piperidine rings is 1. The highest BCUT2D eigenvalue weighted by atomic mass is 19.2. The highest BCUT2D eigenvalue weighted by Crippen LogP contribution is 2.23. The molecule has 1 amide bonds. The molecule has 0 saturated carbocycles. The van der Waals surface area contributed by atoms with E-state index in [0.717, 1.165) is 37.9 Å². The van der Waals surface area contributed by atoms with E-state index in [2.05, 4.69) is 27.1 Å². The molecule has 2 aromatic rings. The first-order valence-corrected chi connectivity index (χ1v) is 8.43. The third kappa shape index (κ3) is 3.92. The van der Waals surface area contributed by atoms with Gasteiger partial charge in [-0.25, -0.2) is 18.7 Å². The maximum absolute atomic E-state index is 13.2. The fourth-order valence-electron chi connectivity index (χ4n) is 3.05. The summed E-state index contributed by atoms with van der Waals surface area (Å²) in [7, 11) is 0. The average molecular weight is 346 g/mol. The quantitative estimate of drug-likeness (QED) is 0.915. The van der Waals surface area contributed by atoms with Gasteiger partial charge in [0.05, 0.1) is 5.56 Å². The molecule has 1 aromatic heterocycles. The molecule has 1 saturated heterocycles. The molecule has 0 bridgehead atoms. The Morgan fingerprint density at radius 2 is 2.00 bits per heavy atom. The van der Waals surface area contributed by atoms with Gasteiger partial charge in [-0.05, 0) is 37.8 Å². The fourth-order valence-corrected chi connectivity index (χ4v) is 3.05. The number of rotatable bonds is 4. The molecule has 0 radical (unpaired) electrons. The van der Waals surface area contributed by atoms with Crippen molar-refractivity contribution in [3.8, 4) is 0 Å². The molecule has 2 heterocycles. The number of nitrogens with zero attached hydrogens (tertiary/aromatic N) is 3. The first-order valence-electron chi connectivity index (χ1n) is 8.43. The summed E-state index contributed by atoms with van der Waals surface area (Å²) < 4.78 is 26.1. The summed E-state index contributed by atoms with van der Waals surface area (Å²) in [5.41, 5.74) is 0.439. The van der Waals surface area contributed by atoms with Crippen LogP contribution in [0.3, 0.4) is 0 Å². The number of nitrogens with one attached hydrogen (secondary N) is 1. The summed E-state index contributed by atoms with van der Waals surface area (Å²) >= 11 is 0. The van der Waals surface area contributed by atoms with Gasteiger partial charge < -0.3 is 10.2 Å². The minimum Gasteiger partial charge on any atom is -0.338 e. The zero-order valence-electron chi connectivity index (χ0n) is 14.0. The second-order valence-electron chi connectivity index (χ2n) is 6.11. The number of aromatic nitrogens is 2. The van der Waals surface area contributed by atoms with Crippen LogP contribution < -0.4 is 10.2 Å². The maximum Gasteiger partial charge on any atom is 0.258 e. The second kappa shape index (κ2) is 7.55. The molecule has 25 heavy (non-hydrogen) atoms. The summed E-state index contributed by atoms with van der Waals surface area (Å²) in [6, 6.07) is 3.62. The van der Waals surface area contributed by atoms with Gasteiger partial charge in [-0.15, -0.1) is 0 Å². The number of hydrogen-bond donors (Lipinski definition) is 1. The lowest BCUT2D eigenvalue weighted by Gasteiger charge is -2.35. The molecular formula is C18H20F2N4O. The predicted molar refractivity (Wildman–Crippen MR) is 91.6 cm³/mol. The van der Waals surface area contributed by atoms with E-state index in [0.29, 0.717) is 12.0 Å². The van der Waals surface area contributed by atoms with Crippen molar-refractivity contribution >= 4 is 17.5 Å². The van der Waals surface area contributed by atoms with Crippen LogP contribution in [-0.2, 0) is 0 Å². The number of benzene rings is 1. The number of carbonyl (C=O) groups excluding carboxylic acids is 1. The number of carbonyl (C=O) groups is 1. The van der Waals surface area contributed by atoms with Crippen LogP contribution in [0.5, 0.6) is 0 Å². The van der Waals surface area contributed by atoms with Crippen LogP contribution in [0.4, 0.5) is 20.4 Å². The molecule has 1 aliphatic rings. The van der Waals surface area contributed by atoms with Gasteiger partial charge in [0.1, 0.15) is 0 Å². The molecule has 1 aromatic carbocycles. The Bertz CT molecular complexity index is 751. The Morgan fingerprint density at radius 1 is 1.24 bits per heavy atom. The normalized spacial score (nSPS) is 17.4. The fraction of sp³-hybridized carbons (Fsp3) is 0.389. The van der Waals surface area contributed by atoms with E-state index in [1.54, 1.807) is 0 Å². The second-order valence-corrected chi connectivity index (χ2v) is 6.11. The number of anilines is 2. The molecule has 1 atom stereocenters. The van der Waals surface area contributed by atoms with Crippen molar-refractivity contribution in [2.75, 3.05) is 16.8 Å². The van der Waals surface area contributed by atoms with Gasteiger partial charge in [0, 0.05) is 36.7 Å². The van der Waals surface area contributed by atoms with E-state index >= 15 is 0 Å². The molecule has 1 unspecified atom stereocenters. The van der Waals surface area contributed by atoms with Gasteiger partial charge in [-0.1, -0.05) is 6.92 Å². The number of amides is 1. The Morgan fingerprint density at radius 3 is 2.68 bits per heavy atom. The zero-order chi connectivity index (χ0) is 17.8. The van der Waals surface area contributed by atoms with Crippen molar-refractivity contribution < 1.29 is 13.6 Å². The van der Waals surface area contributed by atoms with Crippen LogP contribution in [-0.4, -0.2) is 28.5 Å². The van der Waals surface area contributed by atoms with Crippen LogP contribution >= 0.6 is 0 Å². The largest absolute Gasteiger partial charge is 0.338 e. The zero-order valence-corrected chi connectivity index (χ0v) is 14.0.